The maximum absolute atomic E-state index is 6.76. The number of para-hydroxylation sites is 2. The molecule has 0 aliphatic heterocycles. The third-order valence-corrected chi connectivity index (χ3v) is 11.7. The number of rotatable bonds is 2. The highest BCUT2D eigenvalue weighted by atomic mass is 32.1. The average molecular weight is 653 g/mol. The zero-order valence-electron chi connectivity index (χ0n) is 27.0. The molecule has 2 heterocycles. The first-order valence-corrected chi connectivity index (χ1v) is 17.9. The molecule has 0 saturated heterocycles. The largest absolute Gasteiger partial charge is 0.455 e. The molecular weight excluding hydrogens is 625 g/mol. The Kier molecular flexibility index (Phi) is 5.89. The third kappa shape index (κ3) is 3.94. The summed E-state index contributed by atoms with van der Waals surface area (Å²) in [5.41, 5.74) is 16.4. The summed E-state index contributed by atoms with van der Waals surface area (Å²) >= 11 is 1.88. The molecule has 0 radical (unpaired) electrons. The van der Waals surface area contributed by atoms with E-state index >= 15 is 0 Å². The van der Waals surface area contributed by atoms with Gasteiger partial charge >= 0.3 is 0 Å². The molecule has 11 rings (SSSR count). The number of hydrogen-bond acceptors (Lipinski definition) is 2. The lowest BCUT2D eigenvalue weighted by Crippen LogP contribution is -2.00. The molecule has 2 heteroatoms. The molecule has 232 valence electrons. The zero-order chi connectivity index (χ0) is 32.8. The number of thiophene rings is 1. The molecule has 0 amide bonds. The fourth-order valence-corrected chi connectivity index (χ4v) is 9.53. The maximum atomic E-state index is 6.76. The van der Waals surface area contributed by atoms with Gasteiger partial charge in [-0.05, 0) is 85.5 Å². The summed E-state index contributed by atoms with van der Waals surface area (Å²) in [6.45, 7) is 0. The van der Waals surface area contributed by atoms with Crippen LogP contribution in [0.15, 0.2) is 174 Å². The Balaban J connectivity index is 1.33. The number of benzene rings is 8. The normalized spacial score (nSPS) is 12.0. The number of furan rings is 1. The molecule has 50 heavy (non-hydrogen) atoms. The molecule has 8 aromatic carbocycles. The van der Waals surface area contributed by atoms with Gasteiger partial charge in [0.2, 0.25) is 0 Å². The van der Waals surface area contributed by atoms with Gasteiger partial charge in [-0.25, -0.2) is 0 Å². The molecule has 0 bridgehead atoms. The zero-order valence-corrected chi connectivity index (χ0v) is 27.8. The van der Waals surface area contributed by atoms with E-state index in [0.29, 0.717) is 0 Å². The van der Waals surface area contributed by atoms with Crippen LogP contribution in [0.5, 0.6) is 0 Å². The molecule has 0 fully saturated rings. The summed E-state index contributed by atoms with van der Waals surface area (Å²) in [6, 6.07) is 62.1. The molecule has 0 atom stereocenters. The molecule has 0 saturated carbocycles. The second-order valence-corrected chi connectivity index (χ2v) is 14.2. The molecule has 0 spiro atoms. The average Bonchev–Trinajstić information content (AvgIpc) is 3.76. The van der Waals surface area contributed by atoms with Crippen LogP contribution >= 0.6 is 11.3 Å². The lowest BCUT2D eigenvalue weighted by molar-refractivity contribution is 0.670. The van der Waals surface area contributed by atoms with E-state index in [-0.39, 0.29) is 0 Å². The quantitative estimate of drug-likeness (QED) is 0.181. The Morgan fingerprint density at radius 3 is 1.54 bits per heavy atom. The van der Waals surface area contributed by atoms with Crippen LogP contribution in [-0.2, 0) is 0 Å². The monoisotopic (exact) mass is 652 g/mol. The Labute approximate surface area is 293 Å². The van der Waals surface area contributed by atoms with Crippen LogP contribution in [0.2, 0.25) is 0 Å². The summed E-state index contributed by atoms with van der Waals surface area (Å²) in [6.07, 6.45) is 0. The van der Waals surface area contributed by atoms with Gasteiger partial charge in [0.25, 0.3) is 0 Å². The minimum absolute atomic E-state index is 0.906. The van der Waals surface area contributed by atoms with Crippen molar-refractivity contribution >= 4 is 53.4 Å². The van der Waals surface area contributed by atoms with E-state index in [0.717, 1.165) is 27.5 Å². The van der Waals surface area contributed by atoms with Gasteiger partial charge in [0.15, 0.2) is 0 Å². The van der Waals surface area contributed by atoms with Crippen molar-refractivity contribution in [2.75, 3.05) is 0 Å². The van der Waals surface area contributed by atoms with Crippen LogP contribution in [0.4, 0.5) is 0 Å². The van der Waals surface area contributed by atoms with E-state index in [4.69, 9.17) is 4.42 Å². The van der Waals surface area contributed by atoms with Crippen molar-refractivity contribution in [3.05, 3.63) is 170 Å². The van der Waals surface area contributed by atoms with E-state index in [2.05, 4.69) is 170 Å². The van der Waals surface area contributed by atoms with Gasteiger partial charge in [-0.1, -0.05) is 146 Å². The molecular formula is C48H28OS. The van der Waals surface area contributed by atoms with Crippen molar-refractivity contribution in [3.63, 3.8) is 0 Å². The summed E-state index contributed by atoms with van der Waals surface area (Å²) in [7, 11) is 0. The van der Waals surface area contributed by atoms with E-state index in [1.807, 2.05) is 11.3 Å². The predicted octanol–water partition coefficient (Wildman–Crippen LogP) is 14.3. The van der Waals surface area contributed by atoms with Crippen molar-refractivity contribution in [3.8, 4) is 66.8 Å². The second kappa shape index (κ2) is 10.6. The van der Waals surface area contributed by atoms with Crippen molar-refractivity contribution in [2.45, 2.75) is 0 Å². The van der Waals surface area contributed by atoms with Crippen molar-refractivity contribution in [1.82, 2.24) is 0 Å². The van der Waals surface area contributed by atoms with Crippen molar-refractivity contribution in [1.29, 1.82) is 0 Å². The second-order valence-electron chi connectivity index (χ2n) is 13.1. The molecule has 1 nitrogen and oxygen atoms in total. The molecule has 0 unspecified atom stereocenters. The standard InChI is InChI=1S/C48H28OS/c1-2-14-32-31(13-1)33-15-3-4-17-35(33)42-27-29(30-21-11-24-41-37-19-8-10-26-45(37)50-48(30)41)28-43(46(42)38-20-6-5-16-34(32)38)40-23-12-22-39-36-18-7-9-25-44(36)49-47(39)40/h1-28H. The minimum atomic E-state index is 0.906. The van der Waals surface area contributed by atoms with E-state index in [1.54, 1.807) is 0 Å². The summed E-state index contributed by atoms with van der Waals surface area (Å²) in [4.78, 5) is 0. The SMILES string of the molecule is c1ccc2c(c1)-c1ccccc1-c1cc(-c3cccc4c3sc3ccccc34)cc(-c3cccc4c3oc3ccccc34)c1-c1ccccc1-2. The predicted molar refractivity (Wildman–Crippen MR) is 213 cm³/mol. The molecule has 2 aromatic heterocycles. The topological polar surface area (TPSA) is 13.1 Å². The fourth-order valence-electron chi connectivity index (χ4n) is 8.29. The third-order valence-electron chi connectivity index (χ3n) is 10.5. The van der Waals surface area contributed by atoms with E-state index in [9.17, 15) is 0 Å². The highest BCUT2D eigenvalue weighted by Gasteiger charge is 2.27. The van der Waals surface area contributed by atoms with Crippen LogP contribution in [0.1, 0.15) is 0 Å². The number of hydrogen-bond donors (Lipinski definition) is 0. The van der Waals surface area contributed by atoms with Crippen LogP contribution in [-0.4, -0.2) is 0 Å². The van der Waals surface area contributed by atoms with E-state index < -0.39 is 0 Å². The highest BCUT2D eigenvalue weighted by Crippen LogP contribution is 2.53. The van der Waals surface area contributed by atoms with Gasteiger partial charge in [0.1, 0.15) is 11.2 Å². The van der Waals surface area contributed by atoms with Crippen LogP contribution in [0.3, 0.4) is 0 Å². The summed E-state index contributed by atoms with van der Waals surface area (Å²) in [5, 5.41) is 4.88. The lowest BCUT2D eigenvalue weighted by atomic mass is 9.77. The van der Waals surface area contributed by atoms with Gasteiger partial charge in [-0.2, -0.15) is 0 Å². The molecule has 10 aromatic rings. The molecule has 0 N–H and O–H groups in total. The summed E-state index contributed by atoms with van der Waals surface area (Å²) in [5.74, 6) is 0. The maximum Gasteiger partial charge on any atom is 0.143 e. The fraction of sp³-hybridized carbons (Fsp3) is 0. The molecule has 1 aliphatic carbocycles. The Morgan fingerprint density at radius 2 is 0.820 bits per heavy atom. The van der Waals surface area contributed by atoms with Gasteiger partial charge in [-0.3, -0.25) is 0 Å². The smallest absolute Gasteiger partial charge is 0.143 e. The minimum Gasteiger partial charge on any atom is -0.455 e. The first-order valence-electron chi connectivity index (χ1n) is 17.1. The number of fused-ring (bicyclic) bond motifs is 14. The Bertz CT molecular complexity index is 2990. The van der Waals surface area contributed by atoms with Crippen molar-refractivity contribution in [2.24, 2.45) is 0 Å². The van der Waals surface area contributed by atoms with Gasteiger partial charge in [0.05, 0.1) is 0 Å². The Hall–Kier alpha value is -6.22. The van der Waals surface area contributed by atoms with E-state index in [1.165, 1.54) is 81.4 Å². The first kappa shape index (κ1) is 27.7. The Morgan fingerprint density at radius 1 is 0.340 bits per heavy atom. The highest BCUT2D eigenvalue weighted by molar-refractivity contribution is 7.26. The van der Waals surface area contributed by atoms with Crippen LogP contribution in [0, 0.1) is 0 Å². The lowest BCUT2D eigenvalue weighted by Gasteiger charge is -2.26. The van der Waals surface area contributed by atoms with Crippen LogP contribution < -0.4 is 0 Å². The summed E-state index contributed by atoms with van der Waals surface area (Å²) < 4.78 is 9.38. The first-order chi connectivity index (χ1) is 24.8. The van der Waals surface area contributed by atoms with Gasteiger partial charge in [-0.15, -0.1) is 11.3 Å². The molecule has 1 aliphatic rings. The van der Waals surface area contributed by atoms with Gasteiger partial charge < -0.3 is 4.42 Å². The van der Waals surface area contributed by atoms with Gasteiger partial charge in [0, 0.05) is 36.5 Å². The van der Waals surface area contributed by atoms with Crippen molar-refractivity contribution < 1.29 is 4.42 Å². The van der Waals surface area contributed by atoms with Crippen LogP contribution in [0.25, 0.3) is 109 Å².